The van der Waals surface area contributed by atoms with Crippen LogP contribution >= 0.6 is 43.2 Å². The summed E-state index contributed by atoms with van der Waals surface area (Å²) < 4.78 is 8.22. The third kappa shape index (κ3) is 3.81. The minimum absolute atomic E-state index is 0.0754. The van der Waals surface area contributed by atoms with Crippen molar-refractivity contribution in [2.24, 2.45) is 5.73 Å². The quantitative estimate of drug-likeness (QED) is 0.773. The molecule has 0 saturated carbocycles. The number of thiophene rings is 1. The van der Waals surface area contributed by atoms with Gasteiger partial charge in [0.15, 0.2) is 0 Å². The molecule has 0 aliphatic heterocycles. The number of aryl methyl sites for hydroxylation is 1. The van der Waals surface area contributed by atoms with Gasteiger partial charge in [0, 0.05) is 25.2 Å². The first-order chi connectivity index (χ1) is 8.97. The fourth-order valence-corrected chi connectivity index (χ4v) is 3.85. The smallest absolute Gasteiger partial charge is 0.148 e. The molecule has 2 atom stereocenters. The fourth-order valence-electron chi connectivity index (χ4n) is 1.78. The zero-order chi connectivity index (χ0) is 14.0. The molecule has 19 heavy (non-hydrogen) atoms. The Kier molecular flexibility index (Phi) is 5.06. The van der Waals surface area contributed by atoms with Crippen LogP contribution in [0.25, 0.3) is 0 Å². The number of ether oxygens (including phenoxy) is 1. The minimum atomic E-state index is -0.129. The molecule has 0 saturated heterocycles. The predicted molar refractivity (Wildman–Crippen MR) is 87.9 cm³/mol. The second kappa shape index (κ2) is 6.39. The van der Waals surface area contributed by atoms with E-state index in [-0.39, 0.29) is 12.1 Å². The van der Waals surface area contributed by atoms with Crippen LogP contribution in [0.15, 0.2) is 38.6 Å². The highest BCUT2D eigenvalue weighted by Crippen LogP contribution is 2.33. The van der Waals surface area contributed by atoms with Gasteiger partial charge in [-0.25, -0.2) is 0 Å². The van der Waals surface area contributed by atoms with E-state index < -0.39 is 0 Å². The van der Waals surface area contributed by atoms with E-state index in [1.54, 1.807) is 11.3 Å². The minimum Gasteiger partial charge on any atom is -0.483 e. The highest BCUT2D eigenvalue weighted by Gasteiger charge is 2.20. The molecule has 0 aliphatic carbocycles. The molecular formula is C14H15Br2NOS. The Hall–Kier alpha value is -0.360. The SMILES string of the molecule is Cc1cc(Br)ccc1OC(c1cc(Br)cs1)C(C)N. The molecule has 0 radical (unpaired) electrons. The third-order valence-corrected chi connectivity index (χ3v) is 4.98. The Morgan fingerprint density at radius 1 is 1.21 bits per heavy atom. The van der Waals surface area contributed by atoms with Gasteiger partial charge < -0.3 is 10.5 Å². The zero-order valence-corrected chi connectivity index (χ0v) is 14.7. The van der Waals surface area contributed by atoms with Crippen LogP contribution in [0, 0.1) is 6.92 Å². The normalized spacial score (nSPS) is 14.2. The van der Waals surface area contributed by atoms with Gasteiger partial charge in [-0.1, -0.05) is 15.9 Å². The summed E-state index contributed by atoms with van der Waals surface area (Å²) in [5, 5.41) is 2.04. The first kappa shape index (κ1) is 15.0. The van der Waals surface area contributed by atoms with E-state index in [9.17, 15) is 0 Å². The summed E-state index contributed by atoms with van der Waals surface area (Å²) in [4.78, 5) is 1.13. The Balaban J connectivity index is 2.26. The first-order valence-corrected chi connectivity index (χ1v) is 8.36. The van der Waals surface area contributed by atoms with Crippen molar-refractivity contribution >= 4 is 43.2 Å². The van der Waals surface area contributed by atoms with Crippen molar-refractivity contribution in [2.45, 2.75) is 26.0 Å². The maximum absolute atomic E-state index is 6.10. The average Bonchev–Trinajstić information content (AvgIpc) is 2.74. The molecule has 0 spiro atoms. The van der Waals surface area contributed by atoms with Gasteiger partial charge in [-0.2, -0.15) is 0 Å². The topological polar surface area (TPSA) is 35.2 Å². The van der Waals surface area contributed by atoms with Crippen LogP contribution in [0.4, 0.5) is 0 Å². The Morgan fingerprint density at radius 2 is 1.95 bits per heavy atom. The van der Waals surface area contributed by atoms with E-state index in [2.05, 4.69) is 37.9 Å². The lowest BCUT2D eigenvalue weighted by Gasteiger charge is -2.22. The second-order valence-corrected chi connectivity index (χ2v) is 7.25. The summed E-state index contributed by atoms with van der Waals surface area (Å²) in [6.07, 6.45) is -0.129. The zero-order valence-electron chi connectivity index (χ0n) is 10.7. The molecule has 2 aromatic rings. The van der Waals surface area contributed by atoms with Crippen LogP contribution in [-0.2, 0) is 0 Å². The molecule has 0 amide bonds. The molecule has 0 aliphatic rings. The van der Waals surface area contributed by atoms with Gasteiger partial charge in [-0.15, -0.1) is 11.3 Å². The number of rotatable bonds is 4. The highest BCUT2D eigenvalue weighted by atomic mass is 79.9. The van der Waals surface area contributed by atoms with Gasteiger partial charge in [-0.05, 0) is 59.6 Å². The number of hydrogen-bond donors (Lipinski definition) is 1. The molecule has 102 valence electrons. The molecule has 2 N–H and O–H groups in total. The van der Waals surface area contributed by atoms with Crippen LogP contribution < -0.4 is 10.5 Å². The summed E-state index contributed by atoms with van der Waals surface area (Å²) >= 11 is 8.58. The molecule has 1 heterocycles. The van der Waals surface area contributed by atoms with E-state index in [0.29, 0.717) is 0 Å². The van der Waals surface area contributed by atoms with Crippen molar-refractivity contribution < 1.29 is 4.74 Å². The summed E-state index contributed by atoms with van der Waals surface area (Å²) in [5.74, 6) is 0.870. The summed E-state index contributed by atoms with van der Waals surface area (Å²) in [7, 11) is 0. The number of halogens is 2. The standard InChI is InChI=1S/C14H15Br2NOS/c1-8-5-10(15)3-4-12(8)18-14(9(2)17)13-6-11(16)7-19-13/h3-7,9,14H,17H2,1-2H3. The van der Waals surface area contributed by atoms with Gasteiger partial charge in [0.25, 0.3) is 0 Å². The summed E-state index contributed by atoms with van der Waals surface area (Å²) in [6, 6.07) is 7.97. The molecule has 1 aromatic carbocycles. The first-order valence-electron chi connectivity index (χ1n) is 5.89. The van der Waals surface area contributed by atoms with Crippen LogP contribution in [0.2, 0.25) is 0 Å². The van der Waals surface area contributed by atoms with Crippen molar-refractivity contribution in [2.75, 3.05) is 0 Å². The monoisotopic (exact) mass is 403 g/mol. The van der Waals surface area contributed by atoms with E-state index >= 15 is 0 Å². The second-order valence-electron chi connectivity index (χ2n) is 4.47. The van der Waals surface area contributed by atoms with Crippen molar-refractivity contribution in [3.8, 4) is 5.75 Å². The van der Waals surface area contributed by atoms with Crippen molar-refractivity contribution in [3.63, 3.8) is 0 Å². The molecule has 1 aromatic heterocycles. The van der Waals surface area contributed by atoms with Gasteiger partial charge in [0.05, 0.1) is 0 Å². The molecule has 2 unspecified atom stereocenters. The molecule has 2 nitrogen and oxygen atoms in total. The maximum Gasteiger partial charge on any atom is 0.148 e. The third-order valence-electron chi connectivity index (χ3n) is 2.74. The Labute approximate surface area is 134 Å². The van der Waals surface area contributed by atoms with E-state index in [1.807, 2.05) is 37.4 Å². The molecule has 0 fully saturated rings. The van der Waals surface area contributed by atoms with E-state index in [0.717, 1.165) is 25.1 Å². The molecular weight excluding hydrogens is 390 g/mol. The van der Waals surface area contributed by atoms with Crippen LogP contribution in [0.5, 0.6) is 5.75 Å². The largest absolute Gasteiger partial charge is 0.483 e. The Bertz CT molecular complexity index is 568. The van der Waals surface area contributed by atoms with E-state index in [1.165, 1.54) is 0 Å². The van der Waals surface area contributed by atoms with Crippen LogP contribution in [0.1, 0.15) is 23.5 Å². The van der Waals surface area contributed by atoms with Crippen LogP contribution in [-0.4, -0.2) is 6.04 Å². The summed E-state index contributed by atoms with van der Waals surface area (Å²) in [5.41, 5.74) is 7.16. The van der Waals surface area contributed by atoms with Crippen LogP contribution in [0.3, 0.4) is 0 Å². The molecule has 2 rings (SSSR count). The maximum atomic E-state index is 6.10. The van der Waals surface area contributed by atoms with Crippen molar-refractivity contribution in [3.05, 3.63) is 49.0 Å². The number of benzene rings is 1. The molecule has 0 bridgehead atoms. The number of hydrogen-bond acceptors (Lipinski definition) is 3. The van der Waals surface area contributed by atoms with Crippen molar-refractivity contribution in [1.82, 2.24) is 0 Å². The average molecular weight is 405 g/mol. The number of nitrogens with two attached hydrogens (primary N) is 1. The van der Waals surface area contributed by atoms with E-state index in [4.69, 9.17) is 10.5 Å². The highest BCUT2D eigenvalue weighted by molar-refractivity contribution is 9.10. The Morgan fingerprint density at radius 3 is 2.47 bits per heavy atom. The molecule has 5 heteroatoms. The lowest BCUT2D eigenvalue weighted by atomic mass is 10.1. The van der Waals surface area contributed by atoms with Gasteiger partial charge >= 0.3 is 0 Å². The summed E-state index contributed by atoms with van der Waals surface area (Å²) in [6.45, 7) is 4.00. The van der Waals surface area contributed by atoms with Crippen molar-refractivity contribution in [1.29, 1.82) is 0 Å². The fraction of sp³-hybridized carbons (Fsp3) is 0.286. The van der Waals surface area contributed by atoms with Gasteiger partial charge in [-0.3, -0.25) is 0 Å². The van der Waals surface area contributed by atoms with Gasteiger partial charge in [0.2, 0.25) is 0 Å². The lowest BCUT2D eigenvalue weighted by Crippen LogP contribution is -2.28. The van der Waals surface area contributed by atoms with Gasteiger partial charge in [0.1, 0.15) is 11.9 Å². The predicted octanol–water partition coefficient (Wildman–Crippen LogP) is 5.05. The lowest BCUT2D eigenvalue weighted by molar-refractivity contribution is 0.183.